The van der Waals surface area contributed by atoms with Crippen molar-refractivity contribution in [2.45, 2.75) is 6.92 Å². The van der Waals surface area contributed by atoms with E-state index in [1.54, 1.807) is 12.3 Å². The van der Waals surface area contributed by atoms with Crippen LogP contribution in [0.3, 0.4) is 0 Å². The van der Waals surface area contributed by atoms with Gasteiger partial charge in [0.15, 0.2) is 6.19 Å². The van der Waals surface area contributed by atoms with Crippen LogP contribution in [-0.2, 0) is 0 Å². The first kappa shape index (κ1) is 10.1. The fourth-order valence-electron chi connectivity index (χ4n) is 0.976. The molecule has 0 heterocycles. The molecule has 4 nitrogen and oxygen atoms in total. The molecule has 0 aromatic heterocycles. The van der Waals surface area contributed by atoms with E-state index in [-0.39, 0.29) is 0 Å². The summed E-state index contributed by atoms with van der Waals surface area (Å²) < 4.78 is 0. The number of benzene rings is 1. The SMILES string of the molecule is Cc1cccc(NC(=O)N(C)C#N)c1. The Morgan fingerprint density at radius 1 is 1.57 bits per heavy atom. The molecule has 72 valence electrons. The van der Waals surface area contributed by atoms with Crippen LogP contribution in [0.5, 0.6) is 0 Å². The minimum atomic E-state index is -0.432. The minimum absolute atomic E-state index is 0.432. The standard InChI is InChI=1S/C10H11N3O/c1-8-4-3-5-9(6-8)12-10(14)13(2)7-11/h3-6H,1-2H3,(H,12,14). The van der Waals surface area contributed by atoms with Gasteiger partial charge in [-0.25, -0.2) is 9.69 Å². The first-order chi connectivity index (χ1) is 6.63. The largest absolute Gasteiger partial charge is 0.334 e. The fourth-order valence-corrected chi connectivity index (χ4v) is 0.976. The van der Waals surface area contributed by atoms with Gasteiger partial charge in [0.1, 0.15) is 0 Å². The summed E-state index contributed by atoms with van der Waals surface area (Å²) >= 11 is 0. The summed E-state index contributed by atoms with van der Waals surface area (Å²) in [6, 6.07) is 6.96. The van der Waals surface area contributed by atoms with Crippen molar-refractivity contribution in [2.75, 3.05) is 12.4 Å². The van der Waals surface area contributed by atoms with E-state index in [4.69, 9.17) is 5.26 Å². The van der Waals surface area contributed by atoms with Crippen LogP contribution in [0.4, 0.5) is 10.5 Å². The number of urea groups is 1. The van der Waals surface area contributed by atoms with Crippen molar-refractivity contribution < 1.29 is 4.79 Å². The normalized spacial score (nSPS) is 8.93. The monoisotopic (exact) mass is 189 g/mol. The molecule has 0 unspecified atom stereocenters. The quantitative estimate of drug-likeness (QED) is 0.542. The van der Waals surface area contributed by atoms with Gasteiger partial charge in [-0.2, -0.15) is 5.26 Å². The Kier molecular flexibility index (Phi) is 3.08. The molecular weight excluding hydrogens is 178 g/mol. The second-order valence-electron chi connectivity index (χ2n) is 2.96. The van der Waals surface area contributed by atoms with E-state index >= 15 is 0 Å². The Labute approximate surface area is 82.8 Å². The summed E-state index contributed by atoms with van der Waals surface area (Å²) in [5.41, 5.74) is 1.75. The number of nitrogens with one attached hydrogen (secondary N) is 1. The van der Waals surface area contributed by atoms with E-state index in [0.29, 0.717) is 5.69 Å². The Bertz CT molecular complexity index is 381. The molecule has 0 aliphatic carbocycles. The van der Waals surface area contributed by atoms with E-state index in [0.717, 1.165) is 10.5 Å². The highest BCUT2D eigenvalue weighted by Crippen LogP contribution is 2.09. The first-order valence-corrected chi connectivity index (χ1v) is 4.14. The van der Waals surface area contributed by atoms with Gasteiger partial charge in [0, 0.05) is 12.7 Å². The maximum atomic E-state index is 11.2. The molecule has 1 aromatic carbocycles. The van der Waals surface area contributed by atoms with Crippen LogP contribution in [0.2, 0.25) is 0 Å². The van der Waals surface area contributed by atoms with Gasteiger partial charge in [0.25, 0.3) is 0 Å². The van der Waals surface area contributed by atoms with Crippen molar-refractivity contribution in [2.24, 2.45) is 0 Å². The third-order valence-corrected chi connectivity index (χ3v) is 1.72. The summed E-state index contributed by atoms with van der Waals surface area (Å²) in [5, 5.41) is 11.1. The number of nitriles is 1. The average Bonchev–Trinajstić information content (AvgIpc) is 2.16. The highest BCUT2D eigenvalue weighted by molar-refractivity contribution is 5.90. The van der Waals surface area contributed by atoms with E-state index in [1.807, 2.05) is 25.1 Å². The minimum Gasteiger partial charge on any atom is -0.307 e. The van der Waals surface area contributed by atoms with Crippen LogP contribution in [0.15, 0.2) is 24.3 Å². The van der Waals surface area contributed by atoms with Crippen LogP contribution in [-0.4, -0.2) is 18.0 Å². The van der Waals surface area contributed by atoms with Crippen molar-refractivity contribution in [1.29, 1.82) is 5.26 Å². The summed E-state index contributed by atoms with van der Waals surface area (Å²) in [6.45, 7) is 1.93. The number of hydrogen-bond acceptors (Lipinski definition) is 2. The van der Waals surface area contributed by atoms with Gasteiger partial charge in [-0.3, -0.25) is 0 Å². The van der Waals surface area contributed by atoms with Gasteiger partial charge in [-0.15, -0.1) is 0 Å². The van der Waals surface area contributed by atoms with Crippen molar-refractivity contribution in [1.82, 2.24) is 4.90 Å². The van der Waals surface area contributed by atoms with Crippen LogP contribution >= 0.6 is 0 Å². The molecule has 1 aromatic rings. The zero-order valence-corrected chi connectivity index (χ0v) is 8.11. The highest BCUT2D eigenvalue weighted by atomic mass is 16.2. The van der Waals surface area contributed by atoms with Gasteiger partial charge >= 0.3 is 6.03 Å². The molecular formula is C10H11N3O. The molecule has 0 bridgehead atoms. The Balaban J connectivity index is 2.71. The second-order valence-corrected chi connectivity index (χ2v) is 2.96. The summed E-state index contributed by atoms with van der Waals surface area (Å²) in [5.74, 6) is 0. The predicted molar refractivity (Wildman–Crippen MR) is 53.6 cm³/mol. The smallest absolute Gasteiger partial charge is 0.307 e. The van der Waals surface area contributed by atoms with E-state index in [2.05, 4.69) is 5.32 Å². The van der Waals surface area contributed by atoms with Gasteiger partial charge in [0.2, 0.25) is 0 Å². The maximum absolute atomic E-state index is 11.2. The van der Waals surface area contributed by atoms with Crippen LogP contribution < -0.4 is 5.32 Å². The van der Waals surface area contributed by atoms with Gasteiger partial charge in [0.05, 0.1) is 0 Å². The summed E-state index contributed by atoms with van der Waals surface area (Å²) in [4.78, 5) is 12.2. The molecule has 0 radical (unpaired) electrons. The summed E-state index contributed by atoms with van der Waals surface area (Å²) in [6.07, 6.45) is 1.72. The molecule has 1 rings (SSSR count). The molecule has 14 heavy (non-hydrogen) atoms. The van der Waals surface area contributed by atoms with Crippen LogP contribution in [0.25, 0.3) is 0 Å². The van der Waals surface area contributed by atoms with Gasteiger partial charge in [-0.05, 0) is 24.6 Å². The van der Waals surface area contributed by atoms with E-state index in [9.17, 15) is 4.79 Å². The summed E-state index contributed by atoms with van der Waals surface area (Å²) in [7, 11) is 1.41. The number of aryl methyl sites for hydroxylation is 1. The topological polar surface area (TPSA) is 56.1 Å². The van der Waals surface area contributed by atoms with Crippen LogP contribution in [0.1, 0.15) is 5.56 Å². The van der Waals surface area contributed by atoms with Crippen molar-refractivity contribution >= 4 is 11.7 Å². The molecule has 4 heteroatoms. The molecule has 0 saturated carbocycles. The zero-order valence-electron chi connectivity index (χ0n) is 8.11. The molecule has 0 saturated heterocycles. The number of carbonyl (C=O) groups is 1. The maximum Gasteiger partial charge on any atom is 0.334 e. The Morgan fingerprint density at radius 3 is 2.86 bits per heavy atom. The number of carbonyl (C=O) groups excluding carboxylic acids is 1. The van der Waals surface area contributed by atoms with Crippen molar-refractivity contribution in [3.63, 3.8) is 0 Å². The molecule has 0 fully saturated rings. The lowest BCUT2D eigenvalue weighted by molar-refractivity contribution is 0.237. The lowest BCUT2D eigenvalue weighted by Gasteiger charge is -2.09. The van der Waals surface area contributed by atoms with Gasteiger partial charge in [-0.1, -0.05) is 12.1 Å². The third kappa shape index (κ3) is 2.49. The van der Waals surface area contributed by atoms with Crippen molar-refractivity contribution in [3.8, 4) is 6.19 Å². The number of nitrogens with zero attached hydrogens (tertiary/aromatic N) is 2. The van der Waals surface area contributed by atoms with Crippen molar-refractivity contribution in [3.05, 3.63) is 29.8 Å². The highest BCUT2D eigenvalue weighted by Gasteiger charge is 2.06. The lowest BCUT2D eigenvalue weighted by Crippen LogP contribution is -2.26. The molecule has 1 N–H and O–H groups in total. The third-order valence-electron chi connectivity index (χ3n) is 1.72. The van der Waals surface area contributed by atoms with Crippen LogP contribution in [0, 0.1) is 18.4 Å². The number of hydrogen-bond donors (Lipinski definition) is 1. The molecule has 0 spiro atoms. The molecule has 2 amide bonds. The Hall–Kier alpha value is -2.02. The second kappa shape index (κ2) is 4.28. The lowest BCUT2D eigenvalue weighted by atomic mass is 10.2. The first-order valence-electron chi connectivity index (χ1n) is 4.14. The molecule has 0 aliphatic heterocycles. The predicted octanol–water partition coefficient (Wildman–Crippen LogP) is 1.94. The van der Waals surface area contributed by atoms with E-state index in [1.165, 1.54) is 7.05 Å². The molecule has 0 atom stereocenters. The zero-order chi connectivity index (χ0) is 10.6. The fraction of sp³-hybridized carbons (Fsp3) is 0.200. The molecule has 0 aliphatic rings. The number of anilines is 1. The number of amides is 2. The Morgan fingerprint density at radius 2 is 2.29 bits per heavy atom. The average molecular weight is 189 g/mol. The van der Waals surface area contributed by atoms with E-state index < -0.39 is 6.03 Å². The number of rotatable bonds is 1. The van der Waals surface area contributed by atoms with Gasteiger partial charge < -0.3 is 5.32 Å².